The Morgan fingerprint density at radius 2 is 2.15 bits per heavy atom. The molecule has 2 aliphatic rings. The quantitative estimate of drug-likeness (QED) is 0.397. The number of unbranched alkanes of at least 4 members (excludes halogenated alkanes) is 1. The molecule has 0 aromatic heterocycles. The highest BCUT2D eigenvalue weighted by atomic mass is 32.2. The Bertz CT molecular complexity index is 742. The van der Waals surface area contributed by atoms with Crippen molar-refractivity contribution in [2.45, 2.75) is 43.0 Å². The molecule has 9 heteroatoms. The van der Waals surface area contributed by atoms with Crippen molar-refractivity contribution in [3.8, 4) is 5.75 Å². The number of urea groups is 1. The lowest BCUT2D eigenvalue weighted by Gasteiger charge is -2.16. The number of carbonyl (C=O) groups is 3. The predicted octanol–water partition coefficient (Wildman–Crippen LogP) is 2.06. The number of hydrogen-bond donors (Lipinski definition) is 4. The lowest BCUT2D eigenvalue weighted by atomic mass is 10.0. The zero-order valence-electron chi connectivity index (χ0n) is 15.0. The van der Waals surface area contributed by atoms with Crippen LogP contribution in [-0.4, -0.2) is 53.2 Å². The molecule has 0 saturated carbocycles. The average Bonchev–Trinajstić information content (AvgIpc) is 3.18. The number of carboxylic acid groups (broad SMARTS) is 1. The summed E-state index contributed by atoms with van der Waals surface area (Å²) >= 11 is 1.86. The van der Waals surface area contributed by atoms with E-state index < -0.39 is 5.97 Å². The summed E-state index contributed by atoms with van der Waals surface area (Å²) in [5, 5.41) is 18.1. The summed E-state index contributed by atoms with van der Waals surface area (Å²) in [5.41, 5.74) is 0.562. The molecule has 0 radical (unpaired) electrons. The number of benzene rings is 1. The molecule has 27 heavy (non-hydrogen) atoms. The third kappa shape index (κ3) is 4.65. The van der Waals surface area contributed by atoms with Gasteiger partial charge in [-0.3, -0.25) is 4.79 Å². The first kappa shape index (κ1) is 19.3. The maximum Gasteiger partial charge on any atom is 0.335 e. The molecule has 0 unspecified atom stereocenters. The molecule has 4 N–H and O–H groups in total. The number of methoxy groups -OCH3 is 1. The van der Waals surface area contributed by atoms with Gasteiger partial charge in [-0.25, -0.2) is 9.59 Å². The number of amides is 3. The molecule has 2 aliphatic heterocycles. The molecule has 3 atom stereocenters. The first-order valence-electron chi connectivity index (χ1n) is 8.87. The third-order valence-electron chi connectivity index (χ3n) is 4.80. The van der Waals surface area contributed by atoms with Gasteiger partial charge >= 0.3 is 12.0 Å². The maximum absolute atomic E-state index is 12.2. The molecular weight excluding hydrogens is 370 g/mol. The number of aromatic carboxylic acids is 1. The van der Waals surface area contributed by atoms with Gasteiger partial charge < -0.3 is 25.8 Å². The number of carbonyl (C=O) groups excluding carboxylic acids is 2. The van der Waals surface area contributed by atoms with Crippen LogP contribution in [0.2, 0.25) is 0 Å². The summed E-state index contributed by atoms with van der Waals surface area (Å²) in [6.07, 6.45) is 2.98. The number of carboxylic acids is 1. The fraction of sp³-hybridized carbons (Fsp3) is 0.500. The highest BCUT2D eigenvalue weighted by Crippen LogP contribution is 2.33. The topological polar surface area (TPSA) is 117 Å². The van der Waals surface area contributed by atoms with Crippen molar-refractivity contribution in [1.29, 1.82) is 0 Å². The van der Waals surface area contributed by atoms with Crippen LogP contribution in [-0.2, 0) is 4.79 Å². The lowest BCUT2D eigenvalue weighted by Crippen LogP contribution is -2.36. The Morgan fingerprint density at radius 3 is 2.89 bits per heavy atom. The van der Waals surface area contributed by atoms with Crippen molar-refractivity contribution in [2.24, 2.45) is 0 Å². The second-order valence-electron chi connectivity index (χ2n) is 6.64. The zero-order chi connectivity index (χ0) is 19.4. The van der Waals surface area contributed by atoms with Gasteiger partial charge in [0.05, 0.1) is 30.4 Å². The van der Waals surface area contributed by atoms with E-state index in [-0.39, 0.29) is 29.6 Å². The summed E-state index contributed by atoms with van der Waals surface area (Å²) in [6, 6.07) is 4.67. The number of thioether (sulfide) groups is 1. The minimum absolute atomic E-state index is 0.0856. The lowest BCUT2D eigenvalue weighted by molar-refractivity contribution is -0.116. The Balaban J connectivity index is 1.42. The molecule has 0 aliphatic carbocycles. The summed E-state index contributed by atoms with van der Waals surface area (Å²) in [4.78, 5) is 34.5. The molecule has 1 aromatic carbocycles. The molecule has 0 spiro atoms. The normalized spacial score (nSPS) is 23.3. The highest BCUT2D eigenvalue weighted by molar-refractivity contribution is 8.00. The van der Waals surface area contributed by atoms with Crippen LogP contribution in [0, 0.1) is 0 Å². The van der Waals surface area contributed by atoms with E-state index in [0.29, 0.717) is 23.1 Å². The number of anilines is 1. The minimum atomic E-state index is -1.05. The van der Waals surface area contributed by atoms with Gasteiger partial charge in [0, 0.05) is 17.4 Å². The molecule has 3 rings (SSSR count). The predicted molar refractivity (Wildman–Crippen MR) is 103 cm³/mol. The van der Waals surface area contributed by atoms with Gasteiger partial charge in [-0.05, 0) is 31.0 Å². The first-order chi connectivity index (χ1) is 13.0. The standard InChI is InChI=1S/C18H23N3O5S/c1-26-13-8-10(17(23)24)6-7-11(13)19-15(22)5-3-2-4-14-16-12(9-27-14)20-18(25)21-16/h6-8,12,14,16H,2-5,9H2,1H3,(H,19,22)(H,23,24)(H2,20,21,25)/t12-,14-,16-/m0/s1. The Hall–Kier alpha value is -2.42. The van der Waals surface area contributed by atoms with Crippen molar-refractivity contribution in [1.82, 2.24) is 10.6 Å². The van der Waals surface area contributed by atoms with Crippen molar-refractivity contribution < 1.29 is 24.2 Å². The monoisotopic (exact) mass is 393 g/mol. The van der Waals surface area contributed by atoms with Crippen molar-refractivity contribution in [3.05, 3.63) is 23.8 Å². The van der Waals surface area contributed by atoms with Gasteiger partial charge in [0.2, 0.25) is 5.91 Å². The van der Waals surface area contributed by atoms with Crippen LogP contribution in [0.3, 0.4) is 0 Å². The van der Waals surface area contributed by atoms with Crippen LogP contribution in [0.25, 0.3) is 0 Å². The van der Waals surface area contributed by atoms with Gasteiger partial charge in [-0.15, -0.1) is 0 Å². The van der Waals surface area contributed by atoms with Crippen LogP contribution in [0.5, 0.6) is 5.75 Å². The van der Waals surface area contributed by atoms with Crippen LogP contribution < -0.4 is 20.7 Å². The highest BCUT2D eigenvalue weighted by Gasteiger charge is 2.42. The zero-order valence-corrected chi connectivity index (χ0v) is 15.8. The number of nitrogens with one attached hydrogen (secondary N) is 3. The fourth-order valence-corrected chi connectivity index (χ4v) is 4.96. The number of fused-ring (bicyclic) bond motifs is 1. The van der Waals surface area contributed by atoms with E-state index in [1.165, 1.54) is 25.3 Å². The van der Waals surface area contributed by atoms with Crippen LogP contribution in [0.1, 0.15) is 36.0 Å². The number of hydrogen-bond acceptors (Lipinski definition) is 5. The average molecular weight is 393 g/mol. The van der Waals surface area contributed by atoms with E-state index in [1.54, 1.807) is 0 Å². The molecule has 3 amide bonds. The minimum Gasteiger partial charge on any atom is -0.495 e. The van der Waals surface area contributed by atoms with Gasteiger partial charge in [0.25, 0.3) is 0 Å². The third-order valence-corrected chi connectivity index (χ3v) is 6.31. The second-order valence-corrected chi connectivity index (χ2v) is 7.91. The van der Waals surface area contributed by atoms with E-state index in [2.05, 4.69) is 16.0 Å². The van der Waals surface area contributed by atoms with Crippen molar-refractivity contribution in [3.63, 3.8) is 0 Å². The summed E-state index contributed by atoms with van der Waals surface area (Å²) in [7, 11) is 1.43. The molecule has 1 aromatic rings. The summed E-state index contributed by atoms with van der Waals surface area (Å²) in [6.45, 7) is 0. The van der Waals surface area contributed by atoms with Crippen LogP contribution in [0.4, 0.5) is 10.5 Å². The van der Waals surface area contributed by atoms with Gasteiger partial charge in [-0.1, -0.05) is 6.42 Å². The molecule has 0 bridgehead atoms. The summed E-state index contributed by atoms with van der Waals surface area (Å²) in [5.74, 6) is 0.0675. The second kappa shape index (κ2) is 8.51. The molecular formula is C18H23N3O5S. The van der Waals surface area contributed by atoms with Crippen LogP contribution in [0.15, 0.2) is 18.2 Å². The molecule has 2 saturated heterocycles. The fourth-order valence-electron chi connectivity index (χ4n) is 3.41. The maximum atomic E-state index is 12.2. The number of ether oxygens (including phenoxy) is 1. The van der Waals surface area contributed by atoms with Crippen LogP contribution >= 0.6 is 11.8 Å². The van der Waals surface area contributed by atoms with E-state index in [9.17, 15) is 14.4 Å². The van der Waals surface area contributed by atoms with E-state index in [4.69, 9.17) is 9.84 Å². The van der Waals surface area contributed by atoms with Gasteiger partial charge in [0.1, 0.15) is 5.75 Å². The molecule has 2 fully saturated rings. The SMILES string of the molecule is COc1cc(C(=O)O)ccc1NC(=O)CCCC[C@@H]1SC[C@@H]2NC(=O)N[C@@H]21. The largest absolute Gasteiger partial charge is 0.495 e. The van der Waals surface area contributed by atoms with Crippen molar-refractivity contribution in [2.75, 3.05) is 18.2 Å². The Labute approximate surface area is 161 Å². The van der Waals surface area contributed by atoms with Gasteiger partial charge in [0.15, 0.2) is 0 Å². The van der Waals surface area contributed by atoms with E-state index >= 15 is 0 Å². The number of rotatable bonds is 8. The molecule has 8 nitrogen and oxygen atoms in total. The Morgan fingerprint density at radius 1 is 1.33 bits per heavy atom. The Kier molecular flexibility index (Phi) is 6.10. The molecule has 146 valence electrons. The van der Waals surface area contributed by atoms with Crippen molar-refractivity contribution >= 4 is 35.4 Å². The molecule has 2 heterocycles. The first-order valence-corrected chi connectivity index (χ1v) is 9.92. The summed E-state index contributed by atoms with van der Waals surface area (Å²) < 4.78 is 5.16. The van der Waals surface area contributed by atoms with E-state index in [0.717, 1.165) is 25.0 Å². The smallest absolute Gasteiger partial charge is 0.335 e. The van der Waals surface area contributed by atoms with E-state index in [1.807, 2.05) is 11.8 Å². The van der Waals surface area contributed by atoms with Gasteiger partial charge in [-0.2, -0.15) is 11.8 Å².